The second kappa shape index (κ2) is 7.07. The lowest BCUT2D eigenvalue weighted by molar-refractivity contribution is 0.0755. The van der Waals surface area contributed by atoms with Crippen LogP contribution >= 0.6 is 11.3 Å². The summed E-state index contributed by atoms with van der Waals surface area (Å²) in [5.41, 5.74) is 1.48. The molecule has 0 saturated heterocycles. The molecule has 0 fully saturated rings. The van der Waals surface area contributed by atoms with E-state index in [9.17, 15) is 4.79 Å². The molecule has 1 amide bonds. The van der Waals surface area contributed by atoms with Crippen molar-refractivity contribution in [2.75, 3.05) is 13.7 Å². The molecule has 6 heteroatoms. The van der Waals surface area contributed by atoms with Gasteiger partial charge in [0.15, 0.2) is 0 Å². The molecule has 2 rings (SSSR count). The molecule has 0 aliphatic heterocycles. The Kier molecular flexibility index (Phi) is 5.37. The third-order valence-corrected chi connectivity index (χ3v) is 4.41. The van der Waals surface area contributed by atoms with E-state index >= 15 is 0 Å². The Morgan fingerprint density at radius 1 is 1.50 bits per heavy atom. The van der Waals surface area contributed by atoms with Crippen LogP contribution in [0.25, 0.3) is 0 Å². The zero-order valence-corrected chi connectivity index (χ0v) is 14.5. The minimum atomic E-state index is -0.0539. The average molecular weight is 322 g/mol. The quantitative estimate of drug-likeness (QED) is 0.813. The fourth-order valence-corrected chi connectivity index (χ4v) is 3.08. The maximum absolute atomic E-state index is 12.4. The van der Waals surface area contributed by atoms with E-state index in [1.54, 1.807) is 36.3 Å². The molecule has 0 bridgehead atoms. The van der Waals surface area contributed by atoms with Gasteiger partial charge in [-0.1, -0.05) is 0 Å². The highest BCUT2D eigenvalue weighted by Gasteiger charge is 2.19. The second-order valence-electron chi connectivity index (χ2n) is 5.26. The number of carbonyl (C=O) groups excluding carboxylic acids is 1. The van der Waals surface area contributed by atoms with Crippen molar-refractivity contribution >= 4 is 17.2 Å². The van der Waals surface area contributed by atoms with Crippen molar-refractivity contribution in [1.82, 2.24) is 9.88 Å². The van der Waals surface area contributed by atoms with Crippen molar-refractivity contribution in [3.05, 3.63) is 39.2 Å². The van der Waals surface area contributed by atoms with E-state index in [2.05, 4.69) is 4.98 Å². The number of rotatable bonds is 6. The number of nitrogens with zero attached hydrogens (tertiary/aromatic N) is 2. The lowest BCUT2D eigenvalue weighted by Crippen LogP contribution is -2.26. The van der Waals surface area contributed by atoms with E-state index in [0.717, 1.165) is 16.5 Å². The number of aromatic nitrogens is 1. The SMILES string of the molecule is CCO[C@H](C)c1nc(CN(C)C(=O)c2cc(C)oc2C)cs1. The van der Waals surface area contributed by atoms with Crippen LogP contribution in [0.15, 0.2) is 15.9 Å². The van der Waals surface area contributed by atoms with Gasteiger partial charge < -0.3 is 14.1 Å². The molecule has 1 atom stereocenters. The summed E-state index contributed by atoms with van der Waals surface area (Å²) in [7, 11) is 1.77. The van der Waals surface area contributed by atoms with E-state index in [0.29, 0.717) is 24.5 Å². The van der Waals surface area contributed by atoms with Crippen molar-refractivity contribution in [1.29, 1.82) is 0 Å². The van der Waals surface area contributed by atoms with Crippen LogP contribution in [0.1, 0.15) is 52.5 Å². The van der Waals surface area contributed by atoms with Crippen molar-refractivity contribution in [3.63, 3.8) is 0 Å². The molecule has 22 heavy (non-hydrogen) atoms. The first-order valence-electron chi connectivity index (χ1n) is 7.30. The molecule has 2 aromatic rings. The number of ether oxygens (including phenoxy) is 1. The van der Waals surface area contributed by atoms with Gasteiger partial charge in [-0.05, 0) is 33.8 Å². The summed E-state index contributed by atoms with van der Waals surface area (Å²) >= 11 is 1.56. The maximum atomic E-state index is 12.4. The van der Waals surface area contributed by atoms with Gasteiger partial charge in [-0.15, -0.1) is 11.3 Å². The van der Waals surface area contributed by atoms with Gasteiger partial charge in [0, 0.05) is 19.0 Å². The van der Waals surface area contributed by atoms with Gasteiger partial charge in [-0.3, -0.25) is 4.79 Å². The maximum Gasteiger partial charge on any atom is 0.257 e. The monoisotopic (exact) mass is 322 g/mol. The van der Waals surface area contributed by atoms with Crippen LogP contribution in [0.4, 0.5) is 0 Å². The molecule has 2 aromatic heterocycles. The topological polar surface area (TPSA) is 55.6 Å². The lowest BCUT2D eigenvalue weighted by Gasteiger charge is -2.15. The average Bonchev–Trinajstić information content (AvgIpc) is 3.05. The predicted octanol–water partition coefficient (Wildman–Crippen LogP) is 3.72. The summed E-state index contributed by atoms with van der Waals surface area (Å²) in [6.45, 7) is 8.72. The minimum Gasteiger partial charge on any atom is -0.466 e. The van der Waals surface area contributed by atoms with Gasteiger partial charge in [0.25, 0.3) is 5.91 Å². The van der Waals surface area contributed by atoms with Crippen LogP contribution in [-0.2, 0) is 11.3 Å². The molecular weight excluding hydrogens is 300 g/mol. The standard InChI is InChI=1S/C16H22N2O3S/c1-6-20-12(4)15-17-13(9-22-15)8-18(5)16(19)14-7-10(2)21-11(14)3/h7,9,12H,6,8H2,1-5H3/t12-/m1/s1. The van der Waals surface area contributed by atoms with Gasteiger partial charge in [-0.25, -0.2) is 4.98 Å². The van der Waals surface area contributed by atoms with Gasteiger partial charge in [0.05, 0.1) is 17.8 Å². The molecule has 0 spiro atoms. The first-order chi connectivity index (χ1) is 10.4. The Morgan fingerprint density at radius 3 is 2.82 bits per heavy atom. The van der Waals surface area contributed by atoms with Crippen molar-refractivity contribution < 1.29 is 13.9 Å². The van der Waals surface area contributed by atoms with E-state index in [-0.39, 0.29) is 12.0 Å². The number of furan rings is 1. The van der Waals surface area contributed by atoms with E-state index in [4.69, 9.17) is 9.15 Å². The summed E-state index contributed by atoms with van der Waals surface area (Å²) in [5, 5.41) is 2.91. The Morgan fingerprint density at radius 2 is 2.23 bits per heavy atom. The molecule has 5 nitrogen and oxygen atoms in total. The molecule has 0 N–H and O–H groups in total. The van der Waals surface area contributed by atoms with E-state index in [1.165, 1.54) is 0 Å². The van der Waals surface area contributed by atoms with Crippen molar-refractivity contribution in [2.45, 2.75) is 40.3 Å². The zero-order valence-electron chi connectivity index (χ0n) is 13.7. The summed E-state index contributed by atoms with van der Waals surface area (Å²) < 4.78 is 11.0. The largest absolute Gasteiger partial charge is 0.466 e. The van der Waals surface area contributed by atoms with E-state index < -0.39 is 0 Å². The van der Waals surface area contributed by atoms with Crippen LogP contribution in [-0.4, -0.2) is 29.4 Å². The second-order valence-corrected chi connectivity index (χ2v) is 6.15. The molecule has 0 aliphatic carbocycles. The van der Waals surface area contributed by atoms with Gasteiger partial charge in [-0.2, -0.15) is 0 Å². The van der Waals surface area contributed by atoms with Crippen molar-refractivity contribution in [2.24, 2.45) is 0 Å². The zero-order chi connectivity index (χ0) is 16.3. The summed E-state index contributed by atoms with van der Waals surface area (Å²) in [4.78, 5) is 18.6. The number of amides is 1. The van der Waals surface area contributed by atoms with Gasteiger partial charge in [0.2, 0.25) is 0 Å². The number of hydrogen-bond acceptors (Lipinski definition) is 5. The van der Waals surface area contributed by atoms with Gasteiger partial charge in [0.1, 0.15) is 22.6 Å². The smallest absolute Gasteiger partial charge is 0.257 e. The fraction of sp³-hybridized carbons (Fsp3) is 0.500. The Hall–Kier alpha value is -1.66. The highest BCUT2D eigenvalue weighted by molar-refractivity contribution is 7.09. The van der Waals surface area contributed by atoms with Crippen molar-refractivity contribution in [3.8, 4) is 0 Å². The number of aryl methyl sites for hydroxylation is 2. The normalized spacial score (nSPS) is 12.4. The lowest BCUT2D eigenvalue weighted by atomic mass is 10.2. The highest BCUT2D eigenvalue weighted by atomic mass is 32.1. The Balaban J connectivity index is 2.04. The molecule has 0 radical (unpaired) electrons. The molecule has 0 aliphatic rings. The van der Waals surface area contributed by atoms with Crippen LogP contribution in [0.5, 0.6) is 0 Å². The van der Waals surface area contributed by atoms with Crippen LogP contribution in [0.2, 0.25) is 0 Å². The van der Waals surface area contributed by atoms with Crippen LogP contribution < -0.4 is 0 Å². The number of carbonyl (C=O) groups is 1. The molecule has 0 unspecified atom stereocenters. The third kappa shape index (κ3) is 3.75. The highest BCUT2D eigenvalue weighted by Crippen LogP contribution is 2.22. The molecule has 2 heterocycles. The minimum absolute atomic E-state index is 0.0106. The third-order valence-electron chi connectivity index (χ3n) is 3.35. The fourth-order valence-electron chi connectivity index (χ4n) is 2.27. The van der Waals surface area contributed by atoms with Crippen LogP contribution in [0.3, 0.4) is 0 Å². The van der Waals surface area contributed by atoms with Crippen LogP contribution in [0, 0.1) is 13.8 Å². The first kappa shape index (κ1) is 16.7. The van der Waals surface area contributed by atoms with E-state index in [1.807, 2.05) is 26.2 Å². The summed E-state index contributed by atoms with van der Waals surface area (Å²) in [5.74, 6) is 1.34. The molecule has 0 saturated carbocycles. The number of hydrogen-bond donors (Lipinski definition) is 0. The van der Waals surface area contributed by atoms with Gasteiger partial charge >= 0.3 is 0 Å². The Labute approximate surface area is 134 Å². The molecular formula is C16H22N2O3S. The molecule has 0 aromatic carbocycles. The Bertz CT molecular complexity index is 648. The first-order valence-corrected chi connectivity index (χ1v) is 8.18. The number of thiazole rings is 1. The molecule has 120 valence electrons. The summed E-state index contributed by atoms with van der Waals surface area (Å²) in [6, 6.07) is 1.78. The summed E-state index contributed by atoms with van der Waals surface area (Å²) in [6.07, 6.45) is -0.0106. The predicted molar refractivity (Wildman–Crippen MR) is 86.1 cm³/mol.